The van der Waals surface area contributed by atoms with Gasteiger partial charge in [0.15, 0.2) is 5.82 Å². The van der Waals surface area contributed by atoms with Gasteiger partial charge in [-0.25, -0.2) is 4.68 Å². The zero-order chi connectivity index (χ0) is 13.8. The van der Waals surface area contributed by atoms with Crippen LogP contribution in [0.3, 0.4) is 0 Å². The van der Waals surface area contributed by atoms with Gasteiger partial charge in [-0.1, -0.05) is 30.0 Å². The summed E-state index contributed by atoms with van der Waals surface area (Å²) in [7, 11) is 0. The molecule has 0 saturated carbocycles. The topological polar surface area (TPSA) is 82.8 Å². The van der Waals surface area contributed by atoms with Crippen molar-refractivity contribution in [1.82, 2.24) is 14.9 Å². The van der Waals surface area contributed by atoms with Crippen molar-refractivity contribution in [3.63, 3.8) is 0 Å². The molecule has 4 N–H and O–H groups in total. The molecule has 0 aliphatic heterocycles. The summed E-state index contributed by atoms with van der Waals surface area (Å²) < 4.78 is 1.55. The Balaban J connectivity index is 2.14. The predicted octanol–water partition coefficient (Wildman–Crippen LogP) is 1.25. The number of rotatable bonds is 5. The highest BCUT2D eigenvalue weighted by Gasteiger charge is 2.10. The fraction of sp³-hybridized carbons (Fsp3) is 0.385. The Morgan fingerprint density at radius 3 is 2.68 bits per heavy atom. The Hall–Kier alpha value is -1.53. The SMILES string of the molecule is Cc1ccc(Cc2nnc(SCCN)n2N)cc1C. The van der Waals surface area contributed by atoms with E-state index < -0.39 is 0 Å². The molecule has 0 atom stereocenters. The number of aromatic nitrogens is 3. The van der Waals surface area contributed by atoms with Crippen LogP contribution in [0.5, 0.6) is 0 Å². The maximum atomic E-state index is 5.99. The van der Waals surface area contributed by atoms with E-state index in [1.165, 1.54) is 28.5 Å². The molecule has 1 aromatic heterocycles. The summed E-state index contributed by atoms with van der Waals surface area (Å²) in [6.45, 7) is 4.81. The first-order valence-corrected chi connectivity index (χ1v) is 7.18. The van der Waals surface area contributed by atoms with Crippen molar-refractivity contribution in [3.8, 4) is 0 Å². The Morgan fingerprint density at radius 2 is 2.00 bits per heavy atom. The van der Waals surface area contributed by atoms with Crippen LogP contribution in [0, 0.1) is 13.8 Å². The van der Waals surface area contributed by atoms with E-state index in [0.29, 0.717) is 18.1 Å². The second-order valence-corrected chi connectivity index (χ2v) is 5.56. The minimum absolute atomic E-state index is 0.601. The minimum atomic E-state index is 0.601. The van der Waals surface area contributed by atoms with Gasteiger partial charge in [0.2, 0.25) is 5.16 Å². The zero-order valence-electron chi connectivity index (χ0n) is 11.3. The molecule has 0 amide bonds. The molecule has 0 radical (unpaired) electrons. The Kier molecular flexibility index (Phi) is 4.44. The molecule has 0 saturated heterocycles. The van der Waals surface area contributed by atoms with Crippen LogP contribution < -0.4 is 11.6 Å². The van der Waals surface area contributed by atoms with Crippen molar-refractivity contribution in [2.75, 3.05) is 18.1 Å². The molecule has 0 fully saturated rings. The van der Waals surface area contributed by atoms with E-state index in [1.807, 2.05) is 0 Å². The predicted molar refractivity (Wildman–Crippen MR) is 78.7 cm³/mol. The second-order valence-electron chi connectivity index (χ2n) is 4.50. The maximum Gasteiger partial charge on any atom is 0.209 e. The summed E-state index contributed by atoms with van der Waals surface area (Å²) in [5.41, 5.74) is 9.23. The van der Waals surface area contributed by atoms with Crippen molar-refractivity contribution < 1.29 is 0 Å². The zero-order valence-corrected chi connectivity index (χ0v) is 12.1. The van der Waals surface area contributed by atoms with Gasteiger partial charge in [-0.15, -0.1) is 10.2 Å². The molecule has 5 nitrogen and oxygen atoms in total. The van der Waals surface area contributed by atoms with E-state index in [0.717, 1.165) is 11.6 Å². The summed E-state index contributed by atoms with van der Waals surface area (Å²) in [6.07, 6.45) is 0.688. The first kappa shape index (κ1) is 13.9. The third-order valence-electron chi connectivity index (χ3n) is 3.02. The molecule has 1 aromatic carbocycles. The number of aryl methyl sites for hydroxylation is 2. The van der Waals surface area contributed by atoms with Crippen LogP contribution in [-0.2, 0) is 6.42 Å². The lowest BCUT2D eigenvalue weighted by atomic mass is 10.0. The largest absolute Gasteiger partial charge is 0.336 e. The van der Waals surface area contributed by atoms with E-state index in [1.54, 1.807) is 4.68 Å². The van der Waals surface area contributed by atoms with Crippen LogP contribution >= 0.6 is 11.8 Å². The number of hydrogen-bond donors (Lipinski definition) is 2. The lowest BCUT2D eigenvalue weighted by molar-refractivity contribution is 0.805. The third-order valence-corrected chi connectivity index (χ3v) is 3.99. The molecule has 102 valence electrons. The van der Waals surface area contributed by atoms with Gasteiger partial charge in [-0.05, 0) is 30.5 Å². The number of nitrogens with two attached hydrogens (primary N) is 2. The van der Waals surface area contributed by atoms with Crippen molar-refractivity contribution in [3.05, 3.63) is 40.7 Å². The van der Waals surface area contributed by atoms with Gasteiger partial charge in [0.1, 0.15) is 0 Å². The third kappa shape index (κ3) is 3.27. The Morgan fingerprint density at radius 1 is 1.21 bits per heavy atom. The van der Waals surface area contributed by atoms with Gasteiger partial charge < -0.3 is 11.6 Å². The first-order chi connectivity index (χ1) is 9.11. The van der Waals surface area contributed by atoms with Crippen LogP contribution in [0.1, 0.15) is 22.5 Å². The summed E-state index contributed by atoms with van der Waals surface area (Å²) in [4.78, 5) is 0. The molecule has 6 heteroatoms. The Labute approximate surface area is 117 Å². The summed E-state index contributed by atoms with van der Waals surface area (Å²) in [5.74, 6) is 7.55. The van der Waals surface area contributed by atoms with Crippen molar-refractivity contribution in [2.24, 2.45) is 5.73 Å². The highest BCUT2D eigenvalue weighted by atomic mass is 32.2. The van der Waals surface area contributed by atoms with Gasteiger partial charge in [-0.2, -0.15) is 0 Å². The summed E-state index contributed by atoms with van der Waals surface area (Å²) in [6, 6.07) is 6.38. The number of benzene rings is 1. The molecule has 2 aromatic rings. The molecular formula is C13H19N5S. The van der Waals surface area contributed by atoms with E-state index in [9.17, 15) is 0 Å². The lowest BCUT2D eigenvalue weighted by Crippen LogP contribution is -2.15. The lowest BCUT2D eigenvalue weighted by Gasteiger charge is -2.05. The molecule has 0 aliphatic rings. The van der Waals surface area contributed by atoms with E-state index >= 15 is 0 Å². The monoisotopic (exact) mass is 277 g/mol. The smallest absolute Gasteiger partial charge is 0.209 e. The van der Waals surface area contributed by atoms with Crippen molar-refractivity contribution in [1.29, 1.82) is 0 Å². The van der Waals surface area contributed by atoms with Crippen LogP contribution in [0.2, 0.25) is 0 Å². The van der Waals surface area contributed by atoms with E-state index in [4.69, 9.17) is 11.6 Å². The van der Waals surface area contributed by atoms with Crippen LogP contribution in [0.25, 0.3) is 0 Å². The van der Waals surface area contributed by atoms with Gasteiger partial charge in [0, 0.05) is 18.7 Å². The molecule has 2 rings (SSSR count). The Bertz CT molecular complexity index is 564. The fourth-order valence-electron chi connectivity index (χ4n) is 1.77. The molecule has 19 heavy (non-hydrogen) atoms. The molecule has 0 spiro atoms. The maximum absolute atomic E-state index is 5.99. The molecular weight excluding hydrogens is 258 g/mol. The highest BCUT2D eigenvalue weighted by molar-refractivity contribution is 7.99. The quantitative estimate of drug-likeness (QED) is 0.635. The van der Waals surface area contributed by atoms with Crippen molar-refractivity contribution >= 4 is 11.8 Å². The highest BCUT2D eigenvalue weighted by Crippen LogP contribution is 2.17. The number of thioether (sulfide) groups is 1. The van der Waals surface area contributed by atoms with Crippen LogP contribution in [-0.4, -0.2) is 27.2 Å². The molecule has 0 aliphatic carbocycles. The van der Waals surface area contributed by atoms with Crippen LogP contribution in [0.4, 0.5) is 0 Å². The number of hydrogen-bond acceptors (Lipinski definition) is 5. The van der Waals surface area contributed by atoms with Gasteiger partial charge in [0.25, 0.3) is 0 Å². The van der Waals surface area contributed by atoms with E-state index in [-0.39, 0.29) is 0 Å². The van der Waals surface area contributed by atoms with Crippen molar-refractivity contribution in [2.45, 2.75) is 25.4 Å². The van der Waals surface area contributed by atoms with Gasteiger partial charge in [0.05, 0.1) is 0 Å². The van der Waals surface area contributed by atoms with Gasteiger partial charge >= 0.3 is 0 Å². The average Bonchev–Trinajstić information content (AvgIpc) is 2.73. The normalized spacial score (nSPS) is 10.9. The van der Waals surface area contributed by atoms with Crippen LogP contribution in [0.15, 0.2) is 23.4 Å². The summed E-state index contributed by atoms with van der Waals surface area (Å²) in [5, 5.41) is 8.94. The summed E-state index contributed by atoms with van der Waals surface area (Å²) >= 11 is 1.52. The second kappa shape index (κ2) is 6.08. The average molecular weight is 277 g/mol. The standard InChI is InChI=1S/C13H19N5S/c1-9-3-4-11(7-10(9)2)8-12-16-17-13(18(12)15)19-6-5-14/h3-4,7H,5-6,8,14-15H2,1-2H3. The first-order valence-electron chi connectivity index (χ1n) is 6.20. The molecule has 0 unspecified atom stereocenters. The van der Waals surface area contributed by atoms with Gasteiger partial charge in [-0.3, -0.25) is 0 Å². The minimum Gasteiger partial charge on any atom is -0.336 e. The number of nitrogens with zero attached hydrogens (tertiary/aromatic N) is 3. The molecule has 0 bridgehead atoms. The van der Waals surface area contributed by atoms with E-state index in [2.05, 4.69) is 42.2 Å². The molecule has 1 heterocycles. The number of nitrogen functional groups attached to an aromatic ring is 1. The fourth-order valence-corrected chi connectivity index (χ4v) is 2.42.